The average Bonchev–Trinajstić information content (AvgIpc) is 3.10. The van der Waals surface area contributed by atoms with E-state index in [1.54, 1.807) is 24.5 Å². The summed E-state index contributed by atoms with van der Waals surface area (Å²) in [7, 11) is 0. The van der Waals surface area contributed by atoms with E-state index >= 15 is 0 Å². The normalized spacial score (nSPS) is 10.9. The first-order valence-corrected chi connectivity index (χ1v) is 8.65. The third-order valence-corrected chi connectivity index (χ3v) is 4.61. The molecule has 0 amide bonds. The number of carboxylic acid groups (broad SMARTS) is 1. The number of pyridine rings is 1. The van der Waals surface area contributed by atoms with Gasteiger partial charge in [0.25, 0.3) is 0 Å². The van der Waals surface area contributed by atoms with Crippen molar-refractivity contribution in [1.29, 1.82) is 0 Å². The zero-order chi connectivity index (χ0) is 18.8. The summed E-state index contributed by atoms with van der Waals surface area (Å²) in [6.07, 6.45) is 4.96. The Bertz CT molecular complexity index is 1110. The van der Waals surface area contributed by atoms with Gasteiger partial charge in [0.05, 0.1) is 10.6 Å². The van der Waals surface area contributed by atoms with E-state index in [2.05, 4.69) is 9.97 Å². The predicted molar refractivity (Wildman–Crippen MR) is 104 cm³/mol. The smallest absolute Gasteiger partial charge is 0.337 e. The number of H-pyrrole nitrogens is 1. The Morgan fingerprint density at radius 3 is 2.70 bits per heavy atom. The maximum absolute atomic E-state index is 11.4. The Labute approximate surface area is 160 Å². The zero-order valence-electron chi connectivity index (χ0n) is 14.1. The van der Waals surface area contributed by atoms with Crippen LogP contribution >= 0.6 is 11.6 Å². The fraction of sp³-hybridized carbons (Fsp3) is 0.0476. The summed E-state index contributed by atoms with van der Waals surface area (Å²) in [6, 6.07) is 14.9. The molecule has 27 heavy (non-hydrogen) atoms. The molecule has 2 aromatic carbocycles. The van der Waals surface area contributed by atoms with Crippen LogP contribution in [0.3, 0.4) is 0 Å². The van der Waals surface area contributed by atoms with E-state index in [-0.39, 0.29) is 5.56 Å². The van der Waals surface area contributed by atoms with Gasteiger partial charge < -0.3 is 14.8 Å². The van der Waals surface area contributed by atoms with Gasteiger partial charge in [0.2, 0.25) is 0 Å². The first kappa shape index (κ1) is 17.1. The third-order valence-electron chi connectivity index (χ3n) is 4.29. The van der Waals surface area contributed by atoms with Gasteiger partial charge in [-0.2, -0.15) is 0 Å². The second-order valence-corrected chi connectivity index (χ2v) is 6.47. The molecule has 0 spiro atoms. The number of hydrogen-bond acceptors (Lipinski definition) is 3. The second kappa shape index (κ2) is 7.13. The summed E-state index contributed by atoms with van der Waals surface area (Å²) in [5.74, 6) is -0.249. The molecule has 6 heteroatoms. The summed E-state index contributed by atoms with van der Waals surface area (Å²) < 4.78 is 5.77. The number of aromatic amines is 1. The molecule has 0 unspecified atom stereocenters. The van der Waals surface area contributed by atoms with Crippen molar-refractivity contribution in [2.45, 2.75) is 6.61 Å². The van der Waals surface area contributed by atoms with Crippen molar-refractivity contribution in [2.75, 3.05) is 0 Å². The molecule has 0 saturated heterocycles. The fourth-order valence-electron chi connectivity index (χ4n) is 2.92. The quantitative estimate of drug-likeness (QED) is 0.503. The SMILES string of the molecule is O=C(O)c1c[nH]c2cc(Cl)c(-c3ccc(OCc4cccnc4)cc3)cc12. The average molecular weight is 379 g/mol. The lowest BCUT2D eigenvalue weighted by Crippen LogP contribution is -1.95. The molecule has 0 radical (unpaired) electrons. The van der Waals surface area contributed by atoms with Gasteiger partial charge in [-0.3, -0.25) is 4.98 Å². The number of aromatic carboxylic acids is 1. The van der Waals surface area contributed by atoms with E-state index in [4.69, 9.17) is 16.3 Å². The number of halogens is 1. The minimum atomic E-state index is -0.978. The Morgan fingerprint density at radius 1 is 1.19 bits per heavy atom. The first-order valence-electron chi connectivity index (χ1n) is 8.28. The van der Waals surface area contributed by atoms with Crippen molar-refractivity contribution < 1.29 is 14.6 Å². The highest BCUT2D eigenvalue weighted by molar-refractivity contribution is 6.34. The number of hydrogen-bond donors (Lipinski definition) is 2. The standard InChI is InChI=1S/C21H15ClN2O3/c22-19-9-20-17(18(11-24-20)21(25)26)8-16(19)14-3-5-15(6-4-14)27-12-13-2-1-7-23-10-13/h1-11,24H,12H2,(H,25,26). The number of ether oxygens (including phenoxy) is 1. The van der Waals surface area contributed by atoms with Gasteiger partial charge in [0.15, 0.2) is 0 Å². The molecule has 0 atom stereocenters. The Kier molecular flexibility index (Phi) is 4.52. The first-order chi connectivity index (χ1) is 13.1. The van der Waals surface area contributed by atoms with Gasteiger partial charge in [0, 0.05) is 40.6 Å². The molecular weight excluding hydrogens is 364 g/mol. The molecule has 0 aliphatic rings. The van der Waals surface area contributed by atoms with Crippen LogP contribution in [-0.4, -0.2) is 21.0 Å². The minimum Gasteiger partial charge on any atom is -0.489 e. The molecule has 5 nitrogen and oxygen atoms in total. The summed E-state index contributed by atoms with van der Waals surface area (Å²) in [6.45, 7) is 0.436. The highest BCUT2D eigenvalue weighted by Gasteiger charge is 2.14. The Hall–Kier alpha value is -3.31. The summed E-state index contributed by atoms with van der Waals surface area (Å²) >= 11 is 6.40. The fourth-order valence-corrected chi connectivity index (χ4v) is 3.20. The molecule has 0 fully saturated rings. The molecule has 0 bridgehead atoms. The summed E-state index contributed by atoms with van der Waals surface area (Å²) in [4.78, 5) is 18.4. The van der Waals surface area contributed by atoms with Crippen molar-refractivity contribution in [2.24, 2.45) is 0 Å². The van der Waals surface area contributed by atoms with Crippen molar-refractivity contribution in [3.63, 3.8) is 0 Å². The highest BCUT2D eigenvalue weighted by atomic mass is 35.5. The Balaban J connectivity index is 1.60. The lowest BCUT2D eigenvalue weighted by Gasteiger charge is -2.09. The summed E-state index contributed by atoms with van der Waals surface area (Å²) in [5, 5.41) is 10.5. The van der Waals surface area contributed by atoms with E-state index < -0.39 is 5.97 Å². The van der Waals surface area contributed by atoms with Crippen LogP contribution in [-0.2, 0) is 6.61 Å². The number of nitrogens with one attached hydrogen (secondary N) is 1. The van der Waals surface area contributed by atoms with Crippen molar-refractivity contribution in [3.05, 3.63) is 83.3 Å². The summed E-state index contributed by atoms with van der Waals surface area (Å²) in [5.41, 5.74) is 3.55. The molecule has 2 aromatic heterocycles. The highest BCUT2D eigenvalue weighted by Crippen LogP contribution is 2.34. The molecule has 134 valence electrons. The van der Waals surface area contributed by atoms with Crippen LogP contribution in [0.5, 0.6) is 5.75 Å². The molecular formula is C21H15ClN2O3. The molecule has 0 aliphatic carbocycles. The number of benzene rings is 2. The lowest BCUT2D eigenvalue weighted by atomic mass is 10.0. The van der Waals surface area contributed by atoms with E-state index in [0.717, 1.165) is 22.4 Å². The van der Waals surface area contributed by atoms with Gasteiger partial charge in [-0.1, -0.05) is 29.8 Å². The number of nitrogens with zero attached hydrogens (tertiary/aromatic N) is 1. The molecule has 4 rings (SSSR count). The Morgan fingerprint density at radius 2 is 2.00 bits per heavy atom. The third kappa shape index (κ3) is 3.50. The number of aromatic nitrogens is 2. The molecule has 4 aromatic rings. The van der Waals surface area contributed by atoms with E-state index in [0.29, 0.717) is 22.5 Å². The monoisotopic (exact) mass is 378 g/mol. The maximum atomic E-state index is 11.4. The topological polar surface area (TPSA) is 75.2 Å². The van der Waals surface area contributed by atoms with Gasteiger partial charge in [-0.15, -0.1) is 0 Å². The number of rotatable bonds is 5. The molecule has 0 aliphatic heterocycles. The zero-order valence-corrected chi connectivity index (χ0v) is 14.9. The second-order valence-electron chi connectivity index (χ2n) is 6.06. The molecule has 2 heterocycles. The van der Waals surface area contributed by atoms with Crippen molar-refractivity contribution in [3.8, 4) is 16.9 Å². The molecule has 0 saturated carbocycles. The van der Waals surface area contributed by atoms with Crippen LogP contribution < -0.4 is 4.74 Å². The van der Waals surface area contributed by atoms with E-state index in [1.165, 1.54) is 6.20 Å². The number of carbonyl (C=O) groups is 1. The van der Waals surface area contributed by atoms with E-state index in [1.807, 2.05) is 36.4 Å². The van der Waals surface area contributed by atoms with Gasteiger partial charge in [-0.05, 0) is 35.9 Å². The largest absolute Gasteiger partial charge is 0.489 e. The van der Waals surface area contributed by atoms with Gasteiger partial charge >= 0.3 is 5.97 Å². The van der Waals surface area contributed by atoms with Crippen LogP contribution in [0.15, 0.2) is 67.1 Å². The van der Waals surface area contributed by atoms with Gasteiger partial charge in [0.1, 0.15) is 12.4 Å². The van der Waals surface area contributed by atoms with Crippen molar-refractivity contribution in [1.82, 2.24) is 9.97 Å². The van der Waals surface area contributed by atoms with Gasteiger partial charge in [-0.25, -0.2) is 4.79 Å². The maximum Gasteiger partial charge on any atom is 0.337 e. The van der Waals surface area contributed by atoms with Crippen LogP contribution in [0.2, 0.25) is 5.02 Å². The molecule has 2 N–H and O–H groups in total. The van der Waals surface area contributed by atoms with E-state index in [9.17, 15) is 9.90 Å². The van der Waals surface area contributed by atoms with Crippen LogP contribution in [0, 0.1) is 0 Å². The minimum absolute atomic E-state index is 0.222. The number of carboxylic acids is 1. The van der Waals surface area contributed by atoms with Crippen LogP contribution in [0.25, 0.3) is 22.0 Å². The van der Waals surface area contributed by atoms with Crippen LogP contribution in [0.4, 0.5) is 0 Å². The van der Waals surface area contributed by atoms with Crippen LogP contribution in [0.1, 0.15) is 15.9 Å². The predicted octanol–water partition coefficient (Wildman–Crippen LogP) is 5.16. The van der Waals surface area contributed by atoms with Crippen molar-refractivity contribution >= 4 is 28.5 Å². The lowest BCUT2D eigenvalue weighted by molar-refractivity contribution is 0.0699. The number of fused-ring (bicyclic) bond motifs is 1.